The minimum Gasteiger partial charge on any atom is -0.546 e. The maximum Gasteiger partial charge on any atom is 0.235 e. The molecule has 0 N–H and O–H groups in total. The molecule has 128 valence electrons. The predicted octanol–water partition coefficient (Wildman–Crippen LogP) is 2.94. The van der Waals surface area contributed by atoms with E-state index in [0.29, 0.717) is 21.6 Å². The zero-order chi connectivity index (χ0) is 18.1. The van der Waals surface area contributed by atoms with Crippen LogP contribution in [0.15, 0.2) is 51.7 Å². The molecule has 6 heteroatoms. The molecule has 25 heavy (non-hydrogen) atoms. The Morgan fingerprint density at radius 1 is 1.20 bits per heavy atom. The van der Waals surface area contributed by atoms with Gasteiger partial charge in [-0.25, -0.2) is 0 Å². The second-order valence-electron chi connectivity index (χ2n) is 5.68. The van der Waals surface area contributed by atoms with Gasteiger partial charge in [-0.3, -0.25) is 4.79 Å². The summed E-state index contributed by atoms with van der Waals surface area (Å²) in [7, 11) is 0. The van der Waals surface area contributed by atoms with E-state index in [-0.39, 0.29) is 11.5 Å². The second-order valence-corrected chi connectivity index (χ2v) is 6.11. The number of carboxylic acid groups (broad SMARTS) is 1. The Morgan fingerprint density at radius 3 is 2.52 bits per heavy atom. The van der Waals surface area contributed by atoms with Gasteiger partial charge < -0.3 is 19.1 Å². The average Bonchev–Trinajstić information content (AvgIpc) is 2.58. The van der Waals surface area contributed by atoms with Gasteiger partial charge in [0.05, 0.1) is 11.4 Å². The number of aryl methyl sites for hydroxylation is 1. The number of aliphatic carboxylic acids is 1. The Balaban J connectivity index is 2.29. The monoisotopic (exact) mass is 357 g/mol. The van der Waals surface area contributed by atoms with Crippen LogP contribution in [-0.2, 0) is 4.79 Å². The van der Waals surface area contributed by atoms with E-state index in [4.69, 9.17) is 20.8 Å². The first-order chi connectivity index (χ1) is 11.9. The summed E-state index contributed by atoms with van der Waals surface area (Å²) in [5.74, 6) is -1.45. The van der Waals surface area contributed by atoms with Crippen LogP contribution in [0.25, 0.3) is 22.3 Å². The van der Waals surface area contributed by atoms with Gasteiger partial charge in [-0.05, 0) is 50.2 Å². The highest BCUT2D eigenvalue weighted by molar-refractivity contribution is 6.30. The molecular formula is C19H14ClO5-. The molecule has 2 aromatic carbocycles. The number of ether oxygens (including phenoxy) is 1. The van der Waals surface area contributed by atoms with E-state index in [1.807, 2.05) is 13.0 Å². The highest BCUT2D eigenvalue weighted by Gasteiger charge is 2.20. The lowest BCUT2D eigenvalue weighted by Gasteiger charge is -2.17. The van der Waals surface area contributed by atoms with Gasteiger partial charge in [0.1, 0.15) is 11.7 Å². The van der Waals surface area contributed by atoms with Gasteiger partial charge in [0.2, 0.25) is 11.2 Å². The first-order valence-corrected chi connectivity index (χ1v) is 7.95. The summed E-state index contributed by atoms with van der Waals surface area (Å²) in [6.07, 6.45) is -1.31. The van der Waals surface area contributed by atoms with Crippen molar-refractivity contribution in [2.45, 2.75) is 20.0 Å². The van der Waals surface area contributed by atoms with E-state index >= 15 is 0 Å². The zero-order valence-electron chi connectivity index (χ0n) is 13.5. The van der Waals surface area contributed by atoms with Gasteiger partial charge >= 0.3 is 0 Å². The molecule has 1 heterocycles. The molecule has 0 saturated carbocycles. The first-order valence-electron chi connectivity index (χ1n) is 7.57. The topological polar surface area (TPSA) is 79.6 Å². The summed E-state index contributed by atoms with van der Waals surface area (Å²) in [6.45, 7) is 3.14. The lowest BCUT2D eigenvalue weighted by molar-refractivity contribution is -0.312. The third-order valence-corrected chi connectivity index (χ3v) is 3.99. The molecule has 1 atom stereocenters. The quantitative estimate of drug-likeness (QED) is 0.717. The van der Waals surface area contributed by atoms with Gasteiger partial charge in [-0.1, -0.05) is 23.2 Å². The van der Waals surface area contributed by atoms with Gasteiger partial charge in [0.25, 0.3) is 0 Å². The van der Waals surface area contributed by atoms with E-state index in [1.54, 1.807) is 36.4 Å². The number of rotatable bonds is 4. The molecule has 5 nitrogen and oxygen atoms in total. The Kier molecular flexibility index (Phi) is 4.51. The maximum absolute atomic E-state index is 12.9. The van der Waals surface area contributed by atoms with Gasteiger partial charge in [-0.15, -0.1) is 0 Å². The molecule has 3 aromatic rings. The predicted molar refractivity (Wildman–Crippen MR) is 92.8 cm³/mol. The van der Waals surface area contributed by atoms with Crippen molar-refractivity contribution in [3.8, 4) is 17.1 Å². The molecule has 0 aliphatic carbocycles. The van der Waals surface area contributed by atoms with E-state index in [1.165, 1.54) is 6.92 Å². The third-order valence-electron chi connectivity index (χ3n) is 3.74. The summed E-state index contributed by atoms with van der Waals surface area (Å²) >= 11 is 5.90. The number of carbonyl (C=O) groups is 1. The number of carbonyl (C=O) groups excluding carboxylic acids is 1. The molecule has 0 fully saturated rings. The van der Waals surface area contributed by atoms with Crippen LogP contribution < -0.4 is 15.3 Å². The largest absolute Gasteiger partial charge is 0.546 e. The molecule has 1 aromatic heterocycles. The zero-order valence-corrected chi connectivity index (χ0v) is 14.3. The fraction of sp³-hybridized carbons (Fsp3) is 0.158. The Morgan fingerprint density at radius 2 is 1.88 bits per heavy atom. The Bertz CT molecular complexity index is 1000. The summed E-state index contributed by atoms with van der Waals surface area (Å²) in [4.78, 5) is 23.9. The Labute approximate surface area is 148 Å². The van der Waals surface area contributed by atoms with Crippen LogP contribution in [-0.4, -0.2) is 12.1 Å². The van der Waals surface area contributed by atoms with Crippen LogP contribution in [0.3, 0.4) is 0 Å². The molecule has 0 spiro atoms. The van der Waals surface area contributed by atoms with Crippen molar-refractivity contribution in [2.75, 3.05) is 0 Å². The standard InChI is InChI=1S/C19H15ClO5/c1-10-3-8-15-14(9-10)16(21)18(24-11(2)19(22)23)17(25-15)12-4-6-13(20)7-5-12/h3-9,11H,1-2H3,(H,22,23)/p-1/t11-/m1/s1. The van der Waals surface area contributed by atoms with Crippen molar-refractivity contribution in [3.63, 3.8) is 0 Å². The summed E-state index contributed by atoms with van der Waals surface area (Å²) in [5, 5.41) is 11.9. The van der Waals surface area contributed by atoms with Gasteiger partial charge in [0, 0.05) is 10.6 Å². The molecule has 0 radical (unpaired) electrons. The molecule has 0 amide bonds. The second kappa shape index (κ2) is 6.61. The van der Waals surface area contributed by atoms with E-state index in [2.05, 4.69) is 0 Å². The van der Waals surface area contributed by atoms with Crippen LogP contribution in [0.1, 0.15) is 12.5 Å². The van der Waals surface area contributed by atoms with Crippen molar-refractivity contribution in [3.05, 3.63) is 63.3 Å². The molecular weight excluding hydrogens is 344 g/mol. The van der Waals surface area contributed by atoms with Crippen molar-refractivity contribution in [1.82, 2.24) is 0 Å². The fourth-order valence-corrected chi connectivity index (χ4v) is 2.54. The molecule has 0 aliphatic heterocycles. The number of hydrogen-bond acceptors (Lipinski definition) is 5. The number of carboxylic acids is 1. The van der Waals surface area contributed by atoms with Crippen molar-refractivity contribution in [1.29, 1.82) is 0 Å². The summed E-state index contributed by atoms with van der Waals surface area (Å²) in [6, 6.07) is 11.8. The highest BCUT2D eigenvalue weighted by Crippen LogP contribution is 2.32. The molecule has 0 saturated heterocycles. The van der Waals surface area contributed by atoms with Gasteiger partial charge in [0.15, 0.2) is 5.76 Å². The molecule has 0 unspecified atom stereocenters. The highest BCUT2D eigenvalue weighted by atomic mass is 35.5. The number of hydrogen-bond donors (Lipinski definition) is 0. The van der Waals surface area contributed by atoms with Crippen molar-refractivity contribution >= 4 is 28.5 Å². The minimum absolute atomic E-state index is 0.145. The van der Waals surface area contributed by atoms with E-state index in [9.17, 15) is 14.7 Å². The van der Waals surface area contributed by atoms with Crippen LogP contribution in [0.2, 0.25) is 5.02 Å². The van der Waals surface area contributed by atoms with E-state index < -0.39 is 17.5 Å². The number of fused-ring (bicyclic) bond motifs is 1. The molecule has 3 rings (SSSR count). The van der Waals surface area contributed by atoms with Crippen LogP contribution in [0.5, 0.6) is 5.75 Å². The minimum atomic E-state index is -1.43. The summed E-state index contributed by atoms with van der Waals surface area (Å²) in [5.41, 5.74) is 1.36. The number of halogens is 1. The van der Waals surface area contributed by atoms with Gasteiger partial charge in [-0.2, -0.15) is 0 Å². The normalized spacial score (nSPS) is 12.1. The molecule has 0 bridgehead atoms. The third kappa shape index (κ3) is 3.37. The lowest BCUT2D eigenvalue weighted by Crippen LogP contribution is -2.38. The smallest absolute Gasteiger partial charge is 0.235 e. The van der Waals surface area contributed by atoms with Crippen molar-refractivity contribution < 1.29 is 19.1 Å². The average molecular weight is 358 g/mol. The van der Waals surface area contributed by atoms with E-state index in [0.717, 1.165) is 5.56 Å². The Hall–Kier alpha value is -2.79. The van der Waals surface area contributed by atoms with Crippen LogP contribution in [0, 0.1) is 6.92 Å². The van der Waals surface area contributed by atoms with Crippen LogP contribution >= 0.6 is 11.6 Å². The fourth-order valence-electron chi connectivity index (χ4n) is 2.42. The lowest BCUT2D eigenvalue weighted by atomic mass is 10.1. The first kappa shape index (κ1) is 17.0. The number of benzene rings is 2. The maximum atomic E-state index is 12.9. The summed E-state index contributed by atoms with van der Waals surface area (Å²) < 4.78 is 11.2. The van der Waals surface area contributed by atoms with Crippen LogP contribution in [0.4, 0.5) is 0 Å². The SMILES string of the molecule is Cc1ccc2oc(-c3ccc(Cl)cc3)c(O[C@H](C)C(=O)[O-])c(=O)c2c1. The molecule has 0 aliphatic rings. The van der Waals surface area contributed by atoms with Crippen molar-refractivity contribution in [2.24, 2.45) is 0 Å².